The van der Waals surface area contributed by atoms with Crippen molar-refractivity contribution in [3.63, 3.8) is 0 Å². The number of rotatable bonds is 11. The van der Waals surface area contributed by atoms with Gasteiger partial charge >= 0.3 is 11.4 Å². The molecule has 1 heterocycles. The molecule has 0 fully saturated rings. The molecule has 0 N–H and O–H groups in total. The van der Waals surface area contributed by atoms with Crippen molar-refractivity contribution in [2.75, 3.05) is 13.2 Å². The molecule has 4 rings (SSSR count). The second-order valence-electron chi connectivity index (χ2n) is 10.9. The zero-order valence-electron chi connectivity index (χ0n) is 23.2. The summed E-state index contributed by atoms with van der Waals surface area (Å²) in [6, 6.07) is 24.9. The van der Waals surface area contributed by atoms with Gasteiger partial charge < -0.3 is 18.5 Å². The maximum Gasteiger partial charge on any atom is 0.476 e. The van der Waals surface area contributed by atoms with E-state index in [4.69, 9.17) is 18.5 Å². The van der Waals surface area contributed by atoms with E-state index in [9.17, 15) is 9.59 Å². The molecule has 8 nitrogen and oxygen atoms in total. The molecule has 0 bridgehead atoms. The number of aromatic nitrogens is 2. The normalized spacial score (nSPS) is 11.9. The van der Waals surface area contributed by atoms with Gasteiger partial charge in [-0.05, 0) is 58.6 Å². The molecule has 9 heteroatoms. The van der Waals surface area contributed by atoms with Crippen LogP contribution >= 0.6 is 0 Å². The number of benzene rings is 3. The van der Waals surface area contributed by atoms with Crippen molar-refractivity contribution in [3.05, 3.63) is 111 Å². The van der Waals surface area contributed by atoms with Gasteiger partial charge in [0.15, 0.2) is 8.32 Å². The molecule has 1 aromatic heterocycles. The standard InChI is InChI=1S/C30H36N2O6Si/c1-30(2,3)39(4,5)37-19-18-35-27-16-14-25(15-17-27)26-13-9-12-24(20-26)22-36-32-28(33)31(38-29(32)34)21-23-10-7-6-8-11-23/h6-17,20H,18-19,21-22H2,1-5H3. The highest BCUT2D eigenvalue weighted by atomic mass is 28.4. The van der Waals surface area contributed by atoms with Gasteiger partial charge in [0, 0.05) is 0 Å². The summed E-state index contributed by atoms with van der Waals surface area (Å²) in [5.41, 5.74) is 2.96. The monoisotopic (exact) mass is 548 g/mol. The molecule has 39 heavy (non-hydrogen) atoms. The minimum Gasteiger partial charge on any atom is -0.491 e. The first-order valence-corrected chi connectivity index (χ1v) is 15.9. The average molecular weight is 549 g/mol. The summed E-state index contributed by atoms with van der Waals surface area (Å²) in [5.74, 6) is -0.0828. The third kappa shape index (κ3) is 7.19. The van der Waals surface area contributed by atoms with Crippen LogP contribution in [-0.4, -0.2) is 31.0 Å². The Hall–Kier alpha value is -3.82. The Bertz CT molecular complexity index is 1480. The van der Waals surface area contributed by atoms with Gasteiger partial charge in [0.2, 0.25) is 0 Å². The second-order valence-corrected chi connectivity index (χ2v) is 15.7. The zero-order chi connectivity index (χ0) is 28.0. The van der Waals surface area contributed by atoms with E-state index in [1.807, 2.05) is 78.9 Å². The summed E-state index contributed by atoms with van der Waals surface area (Å²) < 4.78 is 18.8. The molecule has 4 aromatic rings. The van der Waals surface area contributed by atoms with Crippen LogP contribution in [0.1, 0.15) is 31.9 Å². The molecule has 3 aromatic carbocycles. The van der Waals surface area contributed by atoms with E-state index in [0.717, 1.165) is 32.7 Å². The topological polar surface area (TPSA) is 84.8 Å². The van der Waals surface area contributed by atoms with Crippen molar-refractivity contribution in [2.45, 2.75) is 52.1 Å². The number of hydrogen-bond acceptors (Lipinski definition) is 6. The first-order chi connectivity index (χ1) is 18.5. The Morgan fingerprint density at radius 3 is 2.21 bits per heavy atom. The lowest BCUT2D eigenvalue weighted by molar-refractivity contribution is 0.0759. The Labute approximate surface area is 229 Å². The van der Waals surface area contributed by atoms with Gasteiger partial charge in [-0.15, -0.1) is 4.74 Å². The van der Waals surface area contributed by atoms with Crippen LogP contribution < -0.4 is 21.0 Å². The summed E-state index contributed by atoms with van der Waals surface area (Å²) in [4.78, 5) is 30.4. The lowest BCUT2D eigenvalue weighted by atomic mass is 10.0. The maximum atomic E-state index is 12.6. The van der Waals surface area contributed by atoms with Crippen LogP contribution in [0.4, 0.5) is 0 Å². The zero-order valence-corrected chi connectivity index (χ0v) is 24.2. The van der Waals surface area contributed by atoms with Crippen molar-refractivity contribution in [2.24, 2.45) is 0 Å². The van der Waals surface area contributed by atoms with Gasteiger partial charge in [-0.2, -0.15) is 0 Å². The molecule has 0 saturated heterocycles. The average Bonchev–Trinajstić information content (AvgIpc) is 3.17. The molecule has 0 atom stereocenters. The highest BCUT2D eigenvalue weighted by Gasteiger charge is 2.36. The minimum absolute atomic E-state index is 0.0310. The smallest absolute Gasteiger partial charge is 0.476 e. The van der Waals surface area contributed by atoms with E-state index in [1.165, 1.54) is 0 Å². The largest absolute Gasteiger partial charge is 0.491 e. The summed E-state index contributed by atoms with van der Waals surface area (Å²) >= 11 is 0. The Morgan fingerprint density at radius 1 is 0.821 bits per heavy atom. The Balaban J connectivity index is 1.34. The van der Waals surface area contributed by atoms with E-state index in [-0.39, 0.29) is 18.2 Å². The quantitative estimate of drug-likeness (QED) is 0.186. The second kappa shape index (κ2) is 11.9. The predicted molar refractivity (Wildman–Crippen MR) is 154 cm³/mol. The van der Waals surface area contributed by atoms with E-state index in [0.29, 0.717) is 17.9 Å². The van der Waals surface area contributed by atoms with Gasteiger partial charge in [-0.25, -0.2) is 9.59 Å². The van der Waals surface area contributed by atoms with Crippen LogP contribution in [0.25, 0.3) is 11.1 Å². The summed E-state index contributed by atoms with van der Waals surface area (Å²) in [6.45, 7) is 12.4. The Morgan fingerprint density at radius 2 is 1.51 bits per heavy atom. The van der Waals surface area contributed by atoms with Crippen molar-refractivity contribution in [3.8, 4) is 16.9 Å². The van der Waals surface area contributed by atoms with Crippen molar-refractivity contribution in [1.29, 1.82) is 0 Å². The van der Waals surface area contributed by atoms with Crippen LogP contribution in [0.2, 0.25) is 18.1 Å². The van der Waals surface area contributed by atoms with Crippen LogP contribution in [0.5, 0.6) is 5.75 Å². The highest BCUT2D eigenvalue weighted by Crippen LogP contribution is 2.36. The molecule has 0 aliphatic heterocycles. The summed E-state index contributed by atoms with van der Waals surface area (Å²) in [5, 5.41) is 0.171. The summed E-state index contributed by atoms with van der Waals surface area (Å²) in [7, 11) is -1.78. The van der Waals surface area contributed by atoms with Crippen molar-refractivity contribution >= 4 is 8.32 Å². The van der Waals surface area contributed by atoms with Crippen LogP contribution in [0.3, 0.4) is 0 Å². The van der Waals surface area contributed by atoms with Crippen molar-refractivity contribution in [1.82, 2.24) is 9.47 Å². The molecular weight excluding hydrogens is 512 g/mol. The van der Waals surface area contributed by atoms with Gasteiger partial charge in [0.1, 0.15) is 19.0 Å². The number of hydrogen-bond donors (Lipinski definition) is 0. The molecule has 0 spiro atoms. The third-order valence-corrected chi connectivity index (χ3v) is 11.5. The molecule has 0 aliphatic rings. The molecule has 0 radical (unpaired) electrons. The predicted octanol–water partition coefficient (Wildman–Crippen LogP) is 5.35. The fourth-order valence-corrected chi connectivity index (χ4v) is 4.73. The van der Waals surface area contributed by atoms with Crippen LogP contribution in [0.15, 0.2) is 93.0 Å². The first-order valence-electron chi connectivity index (χ1n) is 13.0. The van der Waals surface area contributed by atoms with E-state index in [1.54, 1.807) is 0 Å². The van der Waals surface area contributed by atoms with Gasteiger partial charge in [-0.1, -0.05) is 86.2 Å². The lowest BCUT2D eigenvalue weighted by Gasteiger charge is -2.36. The fourth-order valence-electron chi connectivity index (χ4n) is 3.70. The number of ether oxygens (including phenoxy) is 1. The first kappa shape index (κ1) is 28.2. The van der Waals surface area contributed by atoms with E-state index < -0.39 is 19.8 Å². The molecule has 0 aliphatic carbocycles. The third-order valence-electron chi connectivity index (χ3n) is 7.01. The molecule has 0 saturated carbocycles. The Kier molecular flexibility index (Phi) is 8.62. The minimum atomic E-state index is -1.78. The fraction of sp³-hybridized carbons (Fsp3) is 0.333. The molecular formula is C30H36N2O6Si. The van der Waals surface area contributed by atoms with Crippen molar-refractivity contribution < 1.29 is 18.5 Å². The number of nitrogens with zero attached hydrogens (tertiary/aromatic N) is 2. The van der Waals surface area contributed by atoms with Gasteiger partial charge in [-0.3, -0.25) is 0 Å². The maximum absolute atomic E-state index is 12.6. The van der Waals surface area contributed by atoms with E-state index >= 15 is 0 Å². The summed E-state index contributed by atoms with van der Waals surface area (Å²) in [6.07, 6.45) is 0. The van der Waals surface area contributed by atoms with Gasteiger partial charge in [0.25, 0.3) is 0 Å². The highest BCUT2D eigenvalue weighted by molar-refractivity contribution is 6.74. The van der Waals surface area contributed by atoms with Crippen LogP contribution in [-0.2, 0) is 17.6 Å². The van der Waals surface area contributed by atoms with E-state index in [2.05, 4.69) is 33.9 Å². The molecule has 206 valence electrons. The van der Waals surface area contributed by atoms with Crippen LogP contribution in [0, 0.1) is 0 Å². The molecule has 0 amide bonds. The van der Waals surface area contributed by atoms with Gasteiger partial charge in [0.05, 0.1) is 13.2 Å². The lowest BCUT2D eigenvalue weighted by Crippen LogP contribution is -2.41. The molecule has 0 unspecified atom stereocenters. The SMILES string of the molecule is CC(C)(C)[Si](C)(C)OCCOc1ccc(-c2cccc(COn3c(=O)on(Cc4ccccc4)c3=O)c2)cc1.